The smallest absolute Gasteiger partial charge is 0.0655 e. The van der Waals surface area contributed by atoms with E-state index in [-0.39, 0.29) is 0 Å². The molecule has 100 valence electrons. The van der Waals surface area contributed by atoms with Gasteiger partial charge in [-0.2, -0.15) is 5.26 Å². The molecule has 0 unspecified atom stereocenters. The van der Waals surface area contributed by atoms with Crippen LogP contribution in [-0.4, -0.2) is 0 Å². The molecule has 0 bridgehead atoms. The Labute approximate surface area is 112 Å². The highest BCUT2D eigenvalue weighted by Gasteiger charge is 2.30. The third-order valence-electron chi connectivity index (χ3n) is 5.08. The van der Waals surface area contributed by atoms with Crippen molar-refractivity contribution in [1.82, 2.24) is 0 Å². The number of rotatable bonds is 3. The third-order valence-corrected chi connectivity index (χ3v) is 5.08. The summed E-state index contributed by atoms with van der Waals surface area (Å²) in [6.07, 6.45) is 16.6. The van der Waals surface area contributed by atoms with E-state index in [1.54, 1.807) is 0 Å². The van der Waals surface area contributed by atoms with Crippen LogP contribution < -0.4 is 0 Å². The van der Waals surface area contributed by atoms with E-state index in [2.05, 4.69) is 25.1 Å². The molecule has 0 radical (unpaired) electrons. The number of allylic oxidation sites excluding steroid dienone is 2. The molecule has 0 aromatic rings. The summed E-state index contributed by atoms with van der Waals surface area (Å²) in [5.74, 6) is 3.13. The maximum Gasteiger partial charge on any atom is 0.0655 e. The molecule has 0 saturated heterocycles. The van der Waals surface area contributed by atoms with Gasteiger partial charge in [0.2, 0.25) is 0 Å². The molecule has 1 heteroatoms. The van der Waals surface area contributed by atoms with Crippen LogP contribution in [0.4, 0.5) is 0 Å². The van der Waals surface area contributed by atoms with Gasteiger partial charge in [0, 0.05) is 5.92 Å². The second-order valence-electron chi connectivity index (χ2n) is 6.25. The highest BCUT2D eigenvalue weighted by Crippen LogP contribution is 2.41. The summed E-state index contributed by atoms with van der Waals surface area (Å²) >= 11 is 0. The molecule has 0 aliphatic heterocycles. The van der Waals surface area contributed by atoms with Gasteiger partial charge in [0.05, 0.1) is 6.07 Å². The number of hydrogen-bond acceptors (Lipinski definition) is 1. The van der Waals surface area contributed by atoms with Gasteiger partial charge in [0.25, 0.3) is 0 Å². The van der Waals surface area contributed by atoms with E-state index < -0.39 is 0 Å². The molecule has 2 aliphatic rings. The zero-order chi connectivity index (χ0) is 12.8. The Balaban J connectivity index is 1.73. The van der Waals surface area contributed by atoms with Crippen LogP contribution in [0.1, 0.15) is 64.7 Å². The van der Waals surface area contributed by atoms with Gasteiger partial charge in [0.15, 0.2) is 0 Å². The lowest BCUT2D eigenvalue weighted by Crippen LogP contribution is -2.25. The second kappa shape index (κ2) is 6.98. The molecule has 0 spiro atoms. The van der Waals surface area contributed by atoms with Crippen LogP contribution in [-0.2, 0) is 0 Å². The summed E-state index contributed by atoms with van der Waals surface area (Å²) in [4.78, 5) is 0. The summed E-state index contributed by atoms with van der Waals surface area (Å²) in [6.45, 7) is 2.22. The standard InChI is InChI=1S/C17H27N/c1-2-3-4-14-5-9-16(10-6-14)17-11-7-15(13-18)8-12-17/h3-4,14-17H,2,5-12H2,1H3/b4-3+/t14-,15-,16-,17-. The van der Waals surface area contributed by atoms with Crippen molar-refractivity contribution < 1.29 is 0 Å². The summed E-state index contributed by atoms with van der Waals surface area (Å²) in [5.41, 5.74) is 0. The van der Waals surface area contributed by atoms with Gasteiger partial charge in [-0.3, -0.25) is 0 Å². The first-order chi connectivity index (χ1) is 8.83. The van der Waals surface area contributed by atoms with Crippen molar-refractivity contribution in [2.75, 3.05) is 0 Å². The van der Waals surface area contributed by atoms with E-state index in [1.165, 1.54) is 44.9 Å². The van der Waals surface area contributed by atoms with E-state index in [1.807, 2.05) is 0 Å². The van der Waals surface area contributed by atoms with Gasteiger partial charge in [-0.05, 0) is 75.5 Å². The molecule has 0 aromatic carbocycles. The first-order valence-electron chi connectivity index (χ1n) is 7.89. The van der Waals surface area contributed by atoms with Crippen LogP contribution in [0.3, 0.4) is 0 Å². The maximum absolute atomic E-state index is 8.95. The van der Waals surface area contributed by atoms with Crippen molar-refractivity contribution >= 4 is 0 Å². The lowest BCUT2D eigenvalue weighted by atomic mass is 9.69. The first kappa shape index (κ1) is 13.7. The van der Waals surface area contributed by atoms with Crippen molar-refractivity contribution in [1.29, 1.82) is 5.26 Å². The van der Waals surface area contributed by atoms with Gasteiger partial charge in [0.1, 0.15) is 0 Å². The van der Waals surface area contributed by atoms with Crippen LogP contribution in [0.15, 0.2) is 12.2 Å². The van der Waals surface area contributed by atoms with Crippen LogP contribution in [0.5, 0.6) is 0 Å². The zero-order valence-corrected chi connectivity index (χ0v) is 11.8. The Morgan fingerprint density at radius 1 is 0.944 bits per heavy atom. The minimum Gasteiger partial charge on any atom is -0.198 e. The molecule has 0 N–H and O–H groups in total. The highest BCUT2D eigenvalue weighted by atomic mass is 14.4. The zero-order valence-electron chi connectivity index (χ0n) is 11.8. The lowest BCUT2D eigenvalue weighted by Gasteiger charge is -2.36. The van der Waals surface area contributed by atoms with Crippen molar-refractivity contribution in [2.24, 2.45) is 23.7 Å². The van der Waals surface area contributed by atoms with Gasteiger partial charge in [-0.15, -0.1) is 0 Å². The van der Waals surface area contributed by atoms with Crippen molar-refractivity contribution in [3.05, 3.63) is 12.2 Å². The molecular weight excluding hydrogens is 218 g/mol. The van der Waals surface area contributed by atoms with Crippen LogP contribution in [0, 0.1) is 35.0 Å². The van der Waals surface area contributed by atoms with E-state index >= 15 is 0 Å². The Kier molecular flexibility index (Phi) is 5.29. The molecule has 0 heterocycles. The van der Waals surface area contributed by atoms with Crippen LogP contribution in [0.2, 0.25) is 0 Å². The minimum absolute atomic E-state index is 0.366. The fourth-order valence-electron chi connectivity index (χ4n) is 3.86. The normalized spacial score (nSPS) is 37.6. The van der Waals surface area contributed by atoms with E-state index in [4.69, 9.17) is 5.26 Å². The van der Waals surface area contributed by atoms with Gasteiger partial charge < -0.3 is 0 Å². The number of hydrogen-bond donors (Lipinski definition) is 0. The monoisotopic (exact) mass is 245 g/mol. The molecule has 2 saturated carbocycles. The Morgan fingerprint density at radius 2 is 1.50 bits per heavy atom. The topological polar surface area (TPSA) is 23.8 Å². The van der Waals surface area contributed by atoms with Gasteiger partial charge >= 0.3 is 0 Å². The fourth-order valence-corrected chi connectivity index (χ4v) is 3.86. The van der Waals surface area contributed by atoms with E-state index in [0.717, 1.165) is 30.6 Å². The van der Waals surface area contributed by atoms with E-state index in [9.17, 15) is 0 Å². The second-order valence-corrected chi connectivity index (χ2v) is 6.25. The Bertz CT molecular complexity index is 296. The quantitative estimate of drug-likeness (QED) is 0.635. The number of nitrogens with zero attached hydrogens (tertiary/aromatic N) is 1. The van der Waals surface area contributed by atoms with E-state index in [0.29, 0.717) is 5.92 Å². The van der Waals surface area contributed by atoms with Gasteiger partial charge in [-0.1, -0.05) is 19.1 Å². The predicted octanol–water partition coefficient (Wildman–Crippen LogP) is 5.09. The molecule has 2 aliphatic carbocycles. The minimum atomic E-state index is 0.366. The average molecular weight is 245 g/mol. The van der Waals surface area contributed by atoms with Gasteiger partial charge in [-0.25, -0.2) is 0 Å². The first-order valence-corrected chi connectivity index (χ1v) is 7.89. The van der Waals surface area contributed by atoms with Crippen LogP contribution in [0.25, 0.3) is 0 Å². The van der Waals surface area contributed by atoms with Crippen molar-refractivity contribution in [3.8, 4) is 6.07 Å². The lowest BCUT2D eigenvalue weighted by molar-refractivity contribution is 0.168. The van der Waals surface area contributed by atoms with Crippen LogP contribution >= 0.6 is 0 Å². The predicted molar refractivity (Wildman–Crippen MR) is 75.9 cm³/mol. The third kappa shape index (κ3) is 3.61. The largest absolute Gasteiger partial charge is 0.198 e. The summed E-state index contributed by atoms with van der Waals surface area (Å²) < 4.78 is 0. The maximum atomic E-state index is 8.95. The SMILES string of the molecule is CC/C=C/[C@H]1CC[C@H]([C@H]2CC[C@H](C#N)CC2)CC1. The molecule has 0 atom stereocenters. The Morgan fingerprint density at radius 3 is 2.00 bits per heavy atom. The molecule has 2 rings (SSSR count). The molecule has 1 nitrogen and oxygen atoms in total. The van der Waals surface area contributed by atoms with Crippen molar-refractivity contribution in [2.45, 2.75) is 64.7 Å². The molecule has 0 aromatic heterocycles. The molecule has 18 heavy (non-hydrogen) atoms. The number of nitriles is 1. The highest BCUT2D eigenvalue weighted by molar-refractivity contribution is 4.93. The molecule has 0 amide bonds. The summed E-state index contributed by atoms with van der Waals surface area (Å²) in [7, 11) is 0. The summed E-state index contributed by atoms with van der Waals surface area (Å²) in [6, 6.07) is 2.45. The molecular formula is C17H27N. The summed E-state index contributed by atoms with van der Waals surface area (Å²) in [5, 5.41) is 8.95. The molecule has 2 fully saturated rings. The fraction of sp³-hybridized carbons (Fsp3) is 0.824. The van der Waals surface area contributed by atoms with Crippen molar-refractivity contribution in [3.63, 3.8) is 0 Å². The Hall–Kier alpha value is -0.770. The average Bonchev–Trinajstić information content (AvgIpc) is 2.46.